The molecule has 2 N–H and O–H groups in total. The Labute approximate surface area is 156 Å². The summed E-state index contributed by atoms with van der Waals surface area (Å²) < 4.78 is 22.3. The summed E-state index contributed by atoms with van der Waals surface area (Å²) in [6.45, 7) is 2.65. The van der Waals surface area contributed by atoms with E-state index in [0.29, 0.717) is 18.1 Å². The number of fused-ring (bicyclic) bond motifs is 1. The molecule has 1 aliphatic rings. The van der Waals surface area contributed by atoms with Crippen LogP contribution in [0.5, 0.6) is 0 Å². The number of rotatable bonds is 5. The van der Waals surface area contributed by atoms with E-state index in [1.807, 2.05) is 31.2 Å². The summed E-state index contributed by atoms with van der Waals surface area (Å²) in [5, 5.41) is 3.42. The highest BCUT2D eigenvalue weighted by Crippen LogP contribution is 2.40. The molecule has 0 spiro atoms. The van der Waals surface area contributed by atoms with Crippen LogP contribution in [0.3, 0.4) is 0 Å². The van der Waals surface area contributed by atoms with Crippen LogP contribution in [-0.4, -0.2) is 25.7 Å². The molecule has 1 atom stereocenters. The molecular formula is C18H19ClFN3OS. The van der Waals surface area contributed by atoms with Gasteiger partial charge in [-0.05, 0) is 37.4 Å². The molecule has 3 rings (SSSR count). The standard InChI is InChI=1S/C18H19ClFN3OS/c1-11(24-2)9-10-21-18-22-17-13(6-4-8-15(17)25-23-18)12-5-3-7-14(20)16(12)19/h3-8,11H,9-10H2,1-2H3,(H2,21,22,23)/t11-/m0/s1. The van der Waals surface area contributed by atoms with Gasteiger partial charge in [0.05, 0.1) is 21.7 Å². The molecule has 0 unspecified atom stereocenters. The number of nitrogens with one attached hydrogen (secondary N) is 2. The Bertz CT molecular complexity index is 800. The fourth-order valence-electron chi connectivity index (χ4n) is 2.48. The van der Waals surface area contributed by atoms with Gasteiger partial charge in [-0.2, -0.15) is 0 Å². The number of anilines is 1. The van der Waals surface area contributed by atoms with Crippen molar-refractivity contribution in [2.24, 2.45) is 4.99 Å². The Morgan fingerprint density at radius 1 is 1.24 bits per heavy atom. The zero-order valence-electron chi connectivity index (χ0n) is 14.0. The van der Waals surface area contributed by atoms with Crippen molar-refractivity contribution in [3.05, 3.63) is 47.2 Å². The quantitative estimate of drug-likeness (QED) is 0.721. The number of hydrogen-bond acceptors (Lipinski definition) is 3. The summed E-state index contributed by atoms with van der Waals surface area (Å²) in [6.07, 6.45) is 0.993. The predicted octanol–water partition coefficient (Wildman–Crippen LogP) is 4.95. The summed E-state index contributed by atoms with van der Waals surface area (Å²) >= 11 is 7.64. The van der Waals surface area contributed by atoms with Gasteiger partial charge in [0.2, 0.25) is 5.96 Å². The lowest BCUT2D eigenvalue weighted by molar-refractivity contribution is 0.113. The van der Waals surface area contributed by atoms with Gasteiger partial charge in [0.25, 0.3) is 0 Å². The largest absolute Gasteiger partial charge is 0.382 e. The molecule has 0 bridgehead atoms. The first kappa shape index (κ1) is 18.0. The number of hydrogen-bond donors (Lipinski definition) is 2. The summed E-state index contributed by atoms with van der Waals surface area (Å²) in [6, 6.07) is 10.7. The number of guanidine groups is 1. The van der Waals surface area contributed by atoms with Crippen molar-refractivity contribution in [3.63, 3.8) is 0 Å². The van der Waals surface area contributed by atoms with E-state index in [4.69, 9.17) is 16.3 Å². The minimum atomic E-state index is -0.430. The van der Waals surface area contributed by atoms with E-state index in [2.05, 4.69) is 15.0 Å². The molecule has 1 heterocycles. The van der Waals surface area contributed by atoms with E-state index in [1.165, 1.54) is 18.0 Å². The molecule has 0 fully saturated rings. The van der Waals surface area contributed by atoms with Gasteiger partial charge in [-0.25, -0.2) is 4.39 Å². The zero-order valence-corrected chi connectivity index (χ0v) is 15.5. The van der Waals surface area contributed by atoms with Crippen molar-refractivity contribution in [2.75, 3.05) is 19.0 Å². The third-order valence-corrected chi connectivity index (χ3v) is 5.22. The third-order valence-electron chi connectivity index (χ3n) is 3.98. The Morgan fingerprint density at radius 2 is 2.00 bits per heavy atom. The number of methoxy groups -OCH3 is 1. The molecule has 25 heavy (non-hydrogen) atoms. The summed E-state index contributed by atoms with van der Waals surface area (Å²) in [5.74, 6) is 0.238. The van der Waals surface area contributed by atoms with Gasteiger partial charge in [-0.1, -0.05) is 35.9 Å². The van der Waals surface area contributed by atoms with Gasteiger partial charge in [0.15, 0.2) is 0 Å². The molecule has 0 aromatic heterocycles. The number of aliphatic imine (C=N–C) groups is 1. The van der Waals surface area contributed by atoms with Crippen LogP contribution >= 0.6 is 23.5 Å². The van der Waals surface area contributed by atoms with E-state index in [-0.39, 0.29) is 11.1 Å². The van der Waals surface area contributed by atoms with Gasteiger partial charge in [-0.3, -0.25) is 9.71 Å². The Balaban J connectivity index is 1.89. The second kappa shape index (κ2) is 8.08. The summed E-state index contributed by atoms with van der Waals surface area (Å²) in [4.78, 5) is 5.53. The number of para-hydroxylation sites is 1. The van der Waals surface area contributed by atoms with Crippen molar-refractivity contribution in [1.29, 1.82) is 0 Å². The lowest BCUT2D eigenvalue weighted by atomic mass is 10.0. The minimum Gasteiger partial charge on any atom is -0.382 e. The molecule has 7 heteroatoms. The van der Waals surface area contributed by atoms with Crippen LogP contribution in [-0.2, 0) is 4.74 Å². The topological polar surface area (TPSA) is 45.6 Å². The molecule has 2 aromatic rings. The maximum atomic E-state index is 13.8. The van der Waals surface area contributed by atoms with Crippen LogP contribution in [0.15, 0.2) is 46.3 Å². The van der Waals surface area contributed by atoms with Crippen molar-refractivity contribution < 1.29 is 9.13 Å². The molecule has 0 amide bonds. The second-order valence-electron chi connectivity index (χ2n) is 5.67. The molecule has 0 saturated carbocycles. The van der Waals surface area contributed by atoms with Crippen LogP contribution < -0.4 is 10.0 Å². The van der Waals surface area contributed by atoms with Crippen molar-refractivity contribution in [3.8, 4) is 11.1 Å². The maximum Gasteiger partial charge on any atom is 0.206 e. The molecule has 4 nitrogen and oxygen atoms in total. The highest BCUT2D eigenvalue weighted by molar-refractivity contribution is 7.98. The Morgan fingerprint density at radius 3 is 2.80 bits per heavy atom. The maximum absolute atomic E-state index is 13.8. The van der Waals surface area contributed by atoms with Crippen molar-refractivity contribution in [1.82, 2.24) is 4.72 Å². The average Bonchev–Trinajstić information content (AvgIpc) is 2.63. The Hall–Kier alpha value is -1.76. The first-order valence-corrected chi connectivity index (χ1v) is 9.14. The first-order valence-electron chi connectivity index (χ1n) is 7.94. The third kappa shape index (κ3) is 4.08. The van der Waals surface area contributed by atoms with Crippen molar-refractivity contribution in [2.45, 2.75) is 24.3 Å². The highest BCUT2D eigenvalue weighted by atomic mass is 35.5. The predicted molar refractivity (Wildman–Crippen MR) is 103 cm³/mol. The number of ether oxygens (including phenoxy) is 1. The van der Waals surface area contributed by atoms with Crippen LogP contribution in [0.2, 0.25) is 5.02 Å². The average molecular weight is 380 g/mol. The van der Waals surface area contributed by atoms with E-state index >= 15 is 0 Å². The fraction of sp³-hybridized carbons (Fsp3) is 0.278. The molecule has 0 aliphatic carbocycles. The monoisotopic (exact) mass is 379 g/mol. The number of benzene rings is 2. The lowest BCUT2D eigenvalue weighted by Gasteiger charge is -2.23. The normalized spacial score (nSPS) is 16.1. The lowest BCUT2D eigenvalue weighted by Crippen LogP contribution is -2.30. The molecular weight excluding hydrogens is 361 g/mol. The number of nitrogens with zero attached hydrogens (tertiary/aromatic N) is 1. The molecule has 2 aromatic carbocycles. The zero-order chi connectivity index (χ0) is 17.8. The van der Waals surface area contributed by atoms with Crippen LogP contribution in [0.1, 0.15) is 13.3 Å². The van der Waals surface area contributed by atoms with E-state index < -0.39 is 5.82 Å². The molecule has 0 radical (unpaired) electrons. The van der Waals surface area contributed by atoms with E-state index in [9.17, 15) is 4.39 Å². The molecule has 0 saturated heterocycles. The van der Waals surface area contributed by atoms with Gasteiger partial charge in [0, 0.05) is 24.8 Å². The van der Waals surface area contributed by atoms with E-state index in [1.54, 1.807) is 13.2 Å². The van der Waals surface area contributed by atoms with Gasteiger partial charge >= 0.3 is 0 Å². The second-order valence-corrected chi connectivity index (χ2v) is 6.90. The SMILES string of the molecule is CO[C@@H](C)CCN=C1NSc2cccc(-c3cccc(F)c3Cl)c2N1. The minimum absolute atomic E-state index is 0.119. The van der Waals surface area contributed by atoms with Crippen molar-refractivity contribution >= 4 is 35.2 Å². The van der Waals surface area contributed by atoms with Gasteiger partial charge in [-0.15, -0.1) is 0 Å². The molecule has 132 valence electrons. The summed E-state index contributed by atoms with van der Waals surface area (Å²) in [5.41, 5.74) is 2.37. The molecule has 1 aliphatic heterocycles. The smallest absolute Gasteiger partial charge is 0.206 e. The van der Waals surface area contributed by atoms with E-state index in [0.717, 1.165) is 22.6 Å². The fourth-order valence-corrected chi connectivity index (χ4v) is 3.44. The number of halogens is 2. The Kier molecular flexibility index (Phi) is 5.83. The van der Waals surface area contributed by atoms with Crippen LogP contribution in [0, 0.1) is 5.82 Å². The summed E-state index contributed by atoms with van der Waals surface area (Å²) in [7, 11) is 1.69. The first-order chi connectivity index (χ1) is 12.1. The van der Waals surface area contributed by atoms with Gasteiger partial charge < -0.3 is 10.1 Å². The van der Waals surface area contributed by atoms with Crippen LogP contribution in [0.4, 0.5) is 10.1 Å². The van der Waals surface area contributed by atoms with Gasteiger partial charge in [0.1, 0.15) is 5.82 Å². The van der Waals surface area contributed by atoms with Crippen LogP contribution in [0.25, 0.3) is 11.1 Å². The highest BCUT2D eigenvalue weighted by Gasteiger charge is 2.20.